The number of hydrogen-bond acceptors (Lipinski definition) is 6. The first kappa shape index (κ1) is 22.7. The van der Waals surface area contributed by atoms with Gasteiger partial charge in [-0.2, -0.15) is 0 Å². The van der Waals surface area contributed by atoms with E-state index in [1.165, 1.54) is 28.7 Å². The van der Waals surface area contributed by atoms with Gasteiger partial charge in [-0.15, -0.1) is 11.3 Å². The molecule has 0 spiro atoms. The van der Waals surface area contributed by atoms with Crippen LogP contribution in [0.5, 0.6) is 0 Å². The monoisotopic (exact) mass is 487 g/mol. The minimum absolute atomic E-state index is 0.0820. The van der Waals surface area contributed by atoms with Crippen molar-refractivity contribution in [3.63, 3.8) is 0 Å². The second-order valence-corrected chi connectivity index (χ2v) is 11.1. The van der Waals surface area contributed by atoms with Gasteiger partial charge in [0.25, 0.3) is 0 Å². The number of anilines is 1. The van der Waals surface area contributed by atoms with Crippen molar-refractivity contribution in [2.24, 2.45) is 0 Å². The minimum atomic E-state index is -0.0820. The Morgan fingerprint density at radius 2 is 1.83 bits per heavy atom. The highest BCUT2D eigenvalue weighted by Gasteiger charge is 2.31. The molecule has 182 valence electrons. The summed E-state index contributed by atoms with van der Waals surface area (Å²) in [5, 5.41) is 4.44. The second kappa shape index (κ2) is 9.70. The van der Waals surface area contributed by atoms with Crippen LogP contribution in [0.3, 0.4) is 0 Å². The van der Waals surface area contributed by atoms with Gasteiger partial charge in [-0.05, 0) is 62.7 Å². The van der Waals surface area contributed by atoms with Gasteiger partial charge < -0.3 is 10.2 Å². The van der Waals surface area contributed by atoms with Crippen LogP contribution in [-0.2, 0) is 17.6 Å². The number of carbonyl (C=O) groups excluding carboxylic acids is 1. The highest BCUT2D eigenvalue weighted by molar-refractivity contribution is 7.19. The van der Waals surface area contributed by atoms with Crippen LogP contribution in [0.4, 0.5) is 5.82 Å². The molecule has 3 aliphatic rings. The van der Waals surface area contributed by atoms with E-state index >= 15 is 0 Å². The van der Waals surface area contributed by atoms with E-state index in [1.807, 2.05) is 42.5 Å². The molecule has 0 radical (unpaired) electrons. The number of nitrogens with one attached hydrogen (secondary N) is 1. The molecule has 7 heteroatoms. The molecule has 1 saturated heterocycles. The van der Waals surface area contributed by atoms with E-state index in [2.05, 4.69) is 33.3 Å². The zero-order valence-corrected chi connectivity index (χ0v) is 21.2. The Labute approximate surface area is 211 Å². The fourth-order valence-corrected chi connectivity index (χ4v) is 6.49. The largest absolute Gasteiger partial charge is 0.353 e. The lowest BCUT2D eigenvalue weighted by atomic mass is 9.97. The average molecular weight is 488 g/mol. The zero-order valence-electron chi connectivity index (χ0n) is 20.4. The van der Waals surface area contributed by atoms with E-state index in [0.717, 1.165) is 73.9 Å². The third-order valence-corrected chi connectivity index (χ3v) is 8.69. The molecule has 35 heavy (non-hydrogen) atoms. The lowest BCUT2D eigenvalue weighted by molar-refractivity contribution is -0.126. The van der Waals surface area contributed by atoms with Crippen molar-refractivity contribution in [2.45, 2.75) is 57.5 Å². The number of rotatable bonds is 6. The molecule has 6 nitrogen and oxygen atoms in total. The Morgan fingerprint density at radius 1 is 1.06 bits per heavy atom. The molecule has 1 atom stereocenters. The maximum absolute atomic E-state index is 12.6. The number of aryl methyl sites for hydroxylation is 2. The minimum Gasteiger partial charge on any atom is -0.353 e. The summed E-state index contributed by atoms with van der Waals surface area (Å²) in [6.45, 7) is 5.52. The molecule has 3 heterocycles. The van der Waals surface area contributed by atoms with E-state index < -0.39 is 0 Å². The molecule has 1 aromatic carbocycles. The van der Waals surface area contributed by atoms with Gasteiger partial charge in [0.1, 0.15) is 10.6 Å². The summed E-state index contributed by atoms with van der Waals surface area (Å²) < 4.78 is 0. The molecule has 2 aliphatic carbocycles. The molecule has 1 N–H and O–H groups in total. The molecule has 3 aromatic rings. The fraction of sp³-hybridized carbons (Fsp3) is 0.464. The van der Waals surface area contributed by atoms with Gasteiger partial charge in [0.15, 0.2) is 5.82 Å². The molecule has 1 amide bonds. The lowest BCUT2D eigenvalue weighted by Gasteiger charge is -2.38. The third-order valence-electron chi connectivity index (χ3n) is 7.50. The lowest BCUT2D eigenvalue weighted by Crippen LogP contribution is -2.54. The standard InChI is InChI=1S/C28H33N5OS/c1-19(27(34)29-21-12-13-21)32-15-17-33(18-16-32)26-25-22-9-5-6-10-23(22)35-28(25)31-24(30-26)14-11-20-7-3-2-4-8-20/h2-4,7-8,11,14,19,21H,5-6,9-10,12-13,15-18H2,1H3,(H,29,34)/b14-11+. The first-order valence-corrected chi connectivity index (χ1v) is 13.8. The van der Waals surface area contributed by atoms with Gasteiger partial charge in [-0.3, -0.25) is 9.69 Å². The first-order chi connectivity index (χ1) is 17.2. The summed E-state index contributed by atoms with van der Waals surface area (Å²) in [5.74, 6) is 2.03. The summed E-state index contributed by atoms with van der Waals surface area (Å²) in [6, 6.07) is 10.7. The van der Waals surface area contributed by atoms with Gasteiger partial charge in [-0.25, -0.2) is 9.97 Å². The number of benzene rings is 1. The van der Waals surface area contributed by atoms with Crippen LogP contribution in [0.1, 0.15) is 54.4 Å². The number of piperazine rings is 1. The topological polar surface area (TPSA) is 61.4 Å². The van der Waals surface area contributed by atoms with Crippen LogP contribution in [0.2, 0.25) is 0 Å². The van der Waals surface area contributed by atoms with E-state index in [0.29, 0.717) is 6.04 Å². The quantitative estimate of drug-likeness (QED) is 0.554. The summed E-state index contributed by atoms with van der Waals surface area (Å²) in [6.07, 6.45) is 11.2. The van der Waals surface area contributed by atoms with Crippen molar-refractivity contribution >= 4 is 45.4 Å². The Balaban J connectivity index is 1.27. The molecular formula is C28H33N5OS. The van der Waals surface area contributed by atoms with Crippen molar-refractivity contribution in [2.75, 3.05) is 31.1 Å². The summed E-state index contributed by atoms with van der Waals surface area (Å²) >= 11 is 1.86. The van der Waals surface area contributed by atoms with E-state index in [1.54, 1.807) is 0 Å². The highest BCUT2D eigenvalue weighted by Crippen LogP contribution is 2.40. The predicted octanol–water partition coefficient (Wildman–Crippen LogP) is 4.53. The molecule has 1 aliphatic heterocycles. The van der Waals surface area contributed by atoms with Crippen LogP contribution in [0, 0.1) is 0 Å². The van der Waals surface area contributed by atoms with Gasteiger partial charge in [0.05, 0.1) is 11.4 Å². The van der Waals surface area contributed by atoms with E-state index in [-0.39, 0.29) is 11.9 Å². The number of thiophene rings is 1. The van der Waals surface area contributed by atoms with Crippen LogP contribution in [-0.4, -0.2) is 59.0 Å². The Hall–Kier alpha value is -2.77. The smallest absolute Gasteiger partial charge is 0.237 e. The normalized spacial score (nSPS) is 19.7. The van der Waals surface area contributed by atoms with Gasteiger partial charge in [0.2, 0.25) is 5.91 Å². The molecule has 1 saturated carbocycles. The number of aromatic nitrogens is 2. The average Bonchev–Trinajstić information content (AvgIpc) is 3.64. The molecular weight excluding hydrogens is 454 g/mol. The van der Waals surface area contributed by atoms with Crippen molar-refractivity contribution in [3.05, 3.63) is 52.2 Å². The van der Waals surface area contributed by atoms with Gasteiger partial charge in [0, 0.05) is 37.1 Å². The summed E-state index contributed by atoms with van der Waals surface area (Å²) in [4.78, 5) is 30.0. The second-order valence-electron chi connectivity index (χ2n) is 10.0. The van der Waals surface area contributed by atoms with Crippen molar-refractivity contribution in [3.8, 4) is 0 Å². The van der Waals surface area contributed by atoms with E-state index in [9.17, 15) is 4.79 Å². The number of nitrogens with zero attached hydrogens (tertiary/aromatic N) is 4. The molecule has 6 rings (SSSR count). The van der Waals surface area contributed by atoms with Gasteiger partial charge >= 0.3 is 0 Å². The summed E-state index contributed by atoms with van der Waals surface area (Å²) in [5.41, 5.74) is 2.62. The molecule has 1 unspecified atom stereocenters. The van der Waals surface area contributed by atoms with Crippen molar-refractivity contribution in [1.29, 1.82) is 0 Å². The molecule has 0 bridgehead atoms. The van der Waals surface area contributed by atoms with Crippen molar-refractivity contribution in [1.82, 2.24) is 20.2 Å². The number of hydrogen-bond donors (Lipinski definition) is 1. The number of fused-ring (bicyclic) bond motifs is 3. The summed E-state index contributed by atoms with van der Waals surface area (Å²) in [7, 11) is 0. The maximum Gasteiger partial charge on any atom is 0.237 e. The zero-order chi connectivity index (χ0) is 23.8. The third kappa shape index (κ3) is 4.84. The van der Waals surface area contributed by atoms with Gasteiger partial charge in [-0.1, -0.05) is 36.4 Å². The molecule has 2 aromatic heterocycles. The van der Waals surface area contributed by atoms with E-state index in [4.69, 9.17) is 9.97 Å². The predicted molar refractivity (Wildman–Crippen MR) is 144 cm³/mol. The van der Waals surface area contributed by atoms with Crippen LogP contribution in [0.15, 0.2) is 30.3 Å². The van der Waals surface area contributed by atoms with Crippen LogP contribution >= 0.6 is 11.3 Å². The Kier molecular flexibility index (Phi) is 6.29. The van der Waals surface area contributed by atoms with Crippen molar-refractivity contribution < 1.29 is 4.79 Å². The van der Waals surface area contributed by atoms with Crippen LogP contribution < -0.4 is 10.2 Å². The molecule has 2 fully saturated rings. The Morgan fingerprint density at radius 3 is 2.60 bits per heavy atom. The maximum atomic E-state index is 12.6. The fourth-order valence-electron chi connectivity index (χ4n) is 5.23. The first-order valence-electron chi connectivity index (χ1n) is 13.0. The van der Waals surface area contributed by atoms with Crippen LogP contribution in [0.25, 0.3) is 22.4 Å². The number of amides is 1. The highest BCUT2D eigenvalue weighted by atomic mass is 32.1. The SMILES string of the molecule is CC(C(=O)NC1CC1)N1CCN(c2nc(/C=C/c3ccccc3)nc3sc4c(c23)CCCC4)CC1. The Bertz CT molecular complexity index is 1240. The number of carbonyl (C=O) groups is 1.